The van der Waals surface area contributed by atoms with E-state index in [1.165, 1.54) is 5.56 Å². The summed E-state index contributed by atoms with van der Waals surface area (Å²) in [7, 11) is 0. The van der Waals surface area contributed by atoms with Gasteiger partial charge in [-0.1, -0.05) is 22.9 Å². The van der Waals surface area contributed by atoms with Crippen LogP contribution in [0.25, 0.3) is 5.69 Å². The molecule has 1 saturated heterocycles. The molecule has 1 aromatic carbocycles. The summed E-state index contributed by atoms with van der Waals surface area (Å²) in [5.41, 5.74) is 3.19. The summed E-state index contributed by atoms with van der Waals surface area (Å²) >= 11 is 0. The van der Waals surface area contributed by atoms with Crippen LogP contribution in [0.15, 0.2) is 24.3 Å². The summed E-state index contributed by atoms with van der Waals surface area (Å²) in [6.45, 7) is 5.01. The van der Waals surface area contributed by atoms with E-state index in [-0.39, 0.29) is 12.0 Å². The van der Waals surface area contributed by atoms with E-state index in [9.17, 15) is 9.90 Å². The lowest BCUT2D eigenvalue weighted by Crippen LogP contribution is -2.40. The van der Waals surface area contributed by atoms with Crippen molar-refractivity contribution >= 4 is 5.91 Å². The Morgan fingerprint density at radius 1 is 1.18 bits per heavy atom. The minimum atomic E-state index is -0.298. The summed E-state index contributed by atoms with van der Waals surface area (Å²) in [4.78, 5) is 14.3. The number of carbonyl (C=O) groups excluding carboxylic acids is 1. The number of rotatable bonds is 2. The molecule has 0 radical (unpaired) electrons. The van der Waals surface area contributed by atoms with Gasteiger partial charge < -0.3 is 10.0 Å². The maximum absolute atomic E-state index is 12.6. The molecule has 0 atom stereocenters. The molecule has 22 heavy (non-hydrogen) atoms. The number of hydrogen-bond acceptors (Lipinski definition) is 4. The maximum Gasteiger partial charge on any atom is 0.276 e. The topological polar surface area (TPSA) is 71.2 Å². The van der Waals surface area contributed by atoms with Gasteiger partial charge in [0.25, 0.3) is 5.91 Å². The monoisotopic (exact) mass is 300 g/mol. The summed E-state index contributed by atoms with van der Waals surface area (Å²) in [5, 5.41) is 17.7. The molecule has 0 bridgehead atoms. The fourth-order valence-corrected chi connectivity index (χ4v) is 2.68. The molecule has 6 heteroatoms. The number of hydrogen-bond donors (Lipinski definition) is 1. The second kappa shape index (κ2) is 5.88. The largest absolute Gasteiger partial charge is 0.393 e. The number of amides is 1. The van der Waals surface area contributed by atoms with Gasteiger partial charge in [0.2, 0.25) is 0 Å². The van der Waals surface area contributed by atoms with Crippen molar-refractivity contribution in [2.45, 2.75) is 32.8 Å². The number of benzene rings is 1. The highest BCUT2D eigenvalue weighted by molar-refractivity contribution is 5.93. The molecular weight excluding hydrogens is 280 g/mol. The first-order valence-corrected chi connectivity index (χ1v) is 7.53. The molecule has 0 unspecified atom stereocenters. The Bertz CT molecular complexity index is 670. The highest BCUT2D eigenvalue weighted by atomic mass is 16.3. The third kappa shape index (κ3) is 2.74. The molecule has 2 aromatic rings. The van der Waals surface area contributed by atoms with Crippen molar-refractivity contribution in [3.63, 3.8) is 0 Å². The number of likely N-dealkylation sites (tertiary alicyclic amines) is 1. The van der Waals surface area contributed by atoms with Crippen LogP contribution >= 0.6 is 0 Å². The van der Waals surface area contributed by atoms with Crippen LogP contribution in [0.3, 0.4) is 0 Å². The van der Waals surface area contributed by atoms with E-state index in [4.69, 9.17) is 0 Å². The van der Waals surface area contributed by atoms with Crippen molar-refractivity contribution < 1.29 is 9.90 Å². The van der Waals surface area contributed by atoms with Crippen molar-refractivity contribution in [3.8, 4) is 5.69 Å². The van der Waals surface area contributed by atoms with E-state index in [1.807, 2.05) is 38.1 Å². The summed E-state index contributed by atoms with van der Waals surface area (Å²) in [6.07, 6.45) is 0.946. The fourth-order valence-electron chi connectivity index (χ4n) is 2.68. The van der Waals surface area contributed by atoms with Gasteiger partial charge >= 0.3 is 0 Å². The zero-order valence-electron chi connectivity index (χ0n) is 12.9. The third-order valence-corrected chi connectivity index (χ3v) is 4.13. The molecular formula is C16H20N4O2. The van der Waals surface area contributed by atoms with Gasteiger partial charge in [-0.3, -0.25) is 4.79 Å². The van der Waals surface area contributed by atoms with E-state index in [0.717, 1.165) is 11.4 Å². The predicted molar refractivity (Wildman–Crippen MR) is 82.0 cm³/mol. The number of aryl methyl sites for hydroxylation is 1. The minimum Gasteiger partial charge on any atom is -0.393 e. The SMILES string of the molecule is Cc1ccc(-n2nnc(C(=O)N3CCC(O)CC3)c2C)cc1. The average Bonchev–Trinajstić information content (AvgIpc) is 2.90. The third-order valence-electron chi connectivity index (χ3n) is 4.13. The van der Waals surface area contributed by atoms with Crippen molar-refractivity contribution in [1.82, 2.24) is 19.9 Å². The van der Waals surface area contributed by atoms with Crippen molar-refractivity contribution in [3.05, 3.63) is 41.2 Å². The Kier molecular flexibility index (Phi) is 3.94. The average molecular weight is 300 g/mol. The standard InChI is InChI=1S/C16H20N4O2/c1-11-3-5-13(6-4-11)20-12(2)15(17-18-20)16(22)19-9-7-14(21)8-10-19/h3-6,14,21H,7-10H2,1-2H3. The summed E-state index contributed by atoms with van der Waals surface area (Å²) in [6, 6.07) is 7.93. The molecule has 1 fully saturated rings. The van der Waals surface area contributed by atoms with Gasteiger partial charge in [0.15, 0.2) is 5.69 Å². The molecule has 0 aliphatic carbocycles. The molecule has 1 aliphatic heterocycles. The second-order valence-corrected chi connectivity index (χ2v) is 5.79. The lowest BCUT2D eigenvalue weighted by molar-refractivity contribution is 0.0541. The first-order valence-electron chi connectivity index (χ1n) is 7.53. The van der Waals surface area contributed by atoms with E-state index >= 15 is 0 Å². The Labute approximate surface area is 129 Å². The van der Waals surface area contributed by atoms with Gasteiger partial charge in [0.1, 0.15) is 0 Å². The lowest BCUT2D eigenvalue weighted by atomic mass is 10.1. The molecule has 6 nitrogen and oxygen atoms in total. The molecule has 1 amide bonds. The minimum absolute atomic E-state index is 0.109. The van der Waals surface area contributed by atoms with Crippen LogP contribution in [-0.4, -0.2) is 50.1 Å². The fraction of sp³-hybridized carbons (Fsp3) is 0.438. The van der Waals surface area contributed by atoms with Crippen LogP contribution in [0.5, 0.6) is 0 Å². The molecule has 1 aromatic heterocycles. The Hall–Kier alpha value is -2.21. The molecule has 2 heterocycles. The number of carbonyl (C=O) groups is 1. The van der Waals surface area contributed by atoms with Crippen molar-refractivity contribution in [2.75, 3.05) is 13.1 Å². The van der Waals surface area contributed by atoms with E-state index in [1.54, 1.807) is 9.58 Å². The summed E-state index contributed by atoms with van der Waals surface area (Å²) in [5.74, 6) is -0.109. The van der Waals surface area contributed by atoms with E-state index < -0.39 is 0 Å². The Balaban J connectivity index is 1.84. The Morgan fingerprint density at radius 2 is 1.82 bits per heavy atom. The van der Waals surface area contributed by atoms with Gasteiger partial charge in [-0.15, -0.1) is 5.10 Å². The molecule has 1 aliphatic rings. The van der Waals surface area contributed by atoms with Crippen LogP contribution in [0, 0.1) is 13.8 Å². The van der Waals surface area contributed by atoms with E-state index in [0.29, 0.717) is 31.6 Å². The second-order valence-electron chi connectivity index (χ2n) is 5.79. The normalized spacial score (nSPS) is 16.0. The van der Waals surface area contributed by atoms with Gasteiger partial charge in [0.05, 0.1) is 17.5 Å². The predicted octanol–water partition coefficient (Wildman–Crippen LogP) is 1.48. The van der Waals surface area contributed by atoms with Crippen LogP contribution in [0.4, 0.5) is 0 Å². The number of aromatic nitrogens is 3. The van der Waals surface area contributed by atoms with Crippen molar-refractivity contribution in [2.24, 2.45) is 0 Å². The molecule has 116 valence electrons. The van der Waals surface area contributed by atoms with Gasteiger partial charge in [-0.05, 0) is 38.8 Å². The molecule has 0 spiro atoms. The quantitative estimate of drug-likeness (QED) is 0.912. The van der Waals surface area contributed by atoms with Gasteiger partial charge in [0, 0.05) is 13.1 Å². The molecule has 0 saturated carbocycles. The first-order chi connectivity index (χ1) is 10.6. The first kappa shape index (κ1) is 14.7. The highest BCUT2D eigenvalue weighted by Gasteiger charge is 2.26. The van der Waals surface area contributed by atoms with Crippen LogP contribution in [0.1, 0.15) is 34.6 Å². The van der Waals surface area contributed by atoms with Crippen molar-refractivity contribution in [1.29, 1.82) is 0 Å². The Morgan fingerprint density at radius 3 is 2.45 bits per heavy atom. The van der Waals surface area contributed by atoms with Crippen LogP contribution in [0.2, 0.25) is 0 Å². The number of aliphatic hydroxyl groups excluding tert-OH is 1. The van der Waals surface area contributed by atoms with Crippen LogP contribution < -0.4 is 0 Å². The smallest absolute Gasteiger partial charge is 0.276 e. The number of piperidine rings is 1. The zero-order chi connectivity index (χ0) is 15.7. The number of aliphatic hydroxyl groups is 1. The molecule has 3 rings (SSSR count). The van der Waals surface area contributed by atoms with Crippen LogP contribution in [-0.2, 0) is 0 Å². The zero-order valence-corrected chi connectivity index (χ0v) is 12.9. The lowest BCUT2D eigenvalue weighted by Gasteiger charge is -2.29. The van der Waals surface area contributed by atoms with E-state index in [2.05, 4.69) is 10.3 Å². The van der Waals surface area contributed by atoms with Gasteiger partial charge in [-0.2, -0.15) is 0 Å². The van der Waals surface area contributed by atoms with Gasteiger partial charge in [-0.25, -0.2) is 4.68 Å². The molecule has 1 N–H and O–H groups in total. The highest BCUT2D eigenvalue weighted by Crippen LogP contribution is 2.17. The summed E-state index contributed by atoms with van der Waals surface area (Å²) < 4.78 is 1.69. The number of nitrogens with zero attached hydrogens (tertiary/aromatic N) is 4. The maximum atomic E-state index is 12.6.